The largest absolute Gasteiger partial charge is 0.396 e. The van der Waals surface area contributed by atoms with Gasteiger partial charge in [0.05, 0.1) is 11.3 Å². The number of amides is 1. The van der Waals surface area contributed by atoms with E-state index >= 15 is 0 Å². The molecule has 0 bridgehead atoms. The lowest BCUT2D eigenvalue weighted by molar-refractivity contribution is 0.0958. The Balaban J connectivity index is 2.74. The van der Waals surface area contributed by atoms with Gasteiger partial charge in [0.1, 0.15) is 5.82 Å². The van der Waals surface area contributed by atoms with E-state index in [-0.39, 0.29) is 17.2 Å². The van der Waals surface area contributed by atoms with E-state index in [4.69, 9.17) is 5.73 Å². The number of hydrogen-bond donors (Lipinski definition) is 2. The highest BCUT2D eigenvalue weighted by atomic mass is 19.1. The van der Waals surface area contributed by atoms with Crippen LogP contribution >= 0.6 is 0 Å². The van der Waals surface area contributed by atoms with Crippen LogP contribution in [0.2, 0.25) is 0 Å². The van der Waals surface area contributed by atoms with Crippen LogP contribution in [0.3, 0.4) is 0 Å². The summed E-state index contributed by atoms with van der Waals surface area (Å²) in [5.74, 6) is -0.940. The Hall–Kier alpha value is -1.84. The minimum Gasteiger partial charge on any atom is -0.396 e. The quantitative estimate of drug-likeness (QED) is 0.608. The Bertz CT molecular complexity index is 423. The van der Waals surface area contributed by atoms with E-state index in [1.165, 1.54) is 18.2 Å². The van der Waals surface area contributed by atoms with Crippen molar-refractivity contribution in [3.63, 3.8) is 0 Å². The monoisotopic (exact) mass is 222 g/mol. The first kappa shape index (κ1) is 12.2. The van der Waals surface area contributed by atoms with Gasteiger partial charge in [-0.25, -0.2) is 4.39 Å². The van der Waals surface area contributed by atoms with Crippen molar-refractivity contribution in [3.05, 3.63) is 41.2 Å². The van der Waals surface area contributed by atoms with Crippen molar-refractivity contribution in [3.8, 4) is 0 Å². The number of para-hydroxylation sites is 1. The average Bonchev–Trinajstić information content (AvgIpc) is 2.21. The van der Waals surface area contributed by atoms with Gasteiger partial charge in [0.25, 0.3) is 5.91 Å². The molecule has 0 spiro atoms. The topological polar surface area (TPSA) is 55.1 Å². The molecule has 4 heteroatoms. The standard InChI is InChI=1S/C12H15FN2O/c1-8(2)6-7-15-12(16)9-4-3-5-10(13)11(9)14/h3-6H,7,14H2,1-2H3,(H,15,16). The van der Waals surface area contributed by atoms with Crippen molar-refractivity contribution >= 4 is 11.6 Å². The van der Waals surface area contributed by atoms with E-state index in [1.54, 1.807) is 0 Å². The summed E-state index contributed by atoms with van der Waals surface area (Å²) in [6, 6.07) is 4.18. The summed E-state index contributed by atoms with van der Waals surface area (Å²) < 4.78 is 13.1. The molecule has 3 N–H and O–H groups in total. The first-order chi connectivity index (χ1) is 7.52. The van der Waals surface area contributed by atoms with Crippen LogP contribution in [0.4, 0.5) is 10.1 Å². The maximum atomic E-state index is 13.1. The van der Waals surface area contributed by atoms with Gasteiger partial charge in [0, 0.05) is 6.54 Å². The fourth-order valence-electron chi connectivity index (χ4n) is 1.18. The number of halogens is 1. The number of benzene rings is 1. The van der Waals surface area contributed by atoms with Gasteiger partial charge in [-0.2, -0.15) is 0 Å². The van der Waals surface area contributed by atoms with Crippen LogP contribution in [0.5, 0.6) is 0 Å². The molecule has 0 aromatic heterocycles. The first-order valence-electron chi connectivity index (χ1n) is 4.98. The molecule has 0 saturated carbocycles. The molecule has 0 aliphatic rings. The van der Waals surface area contributed by atoms with Gasteiger partial charge >= 0.3 is 0 Å². The molecular weight excluding hydrogens is 207 g/mol. The molecule has 1 aromatic rings. The highest BCUT2D eigenvalue weighted by Gasteiger charge is 2.11. The van der Waals surface area contributed by atoms with Crippen molar-refractivity contribution in [2.24, 2.45) is 0 Å². The lowest BCUT2D eigenvalue weighted by Gasteiger charge is -2.06. The zero-order valence-corrected chi connectivity index (χ0v) is 9.38. The highest BCUT2D eigenvalue weighted by molar-refractivity contribution is 5.99. The maximum Gasteiger partial charge on any atom is 0.253 e. The van der Waals surface area contributed by atoms with Gasteiger partial charge in [-0.3, -0.25) is 4.79 Å². The summed E-state index contributed by atoms with van der Waals surface area (Å²) in [6.45, 7) is 4.28. The summed E-state index contributed by atoms with van der Waals surface area (Å²) >= 11 is 0. The first-order valence-corrected chi connectivity index (χ1v) is 4.98. The number of carbonyl (C=O) groups excluding carboxylic acids is 1. The predicted molar refractivity (Wildman–Crippen MR) is 62.6 cm³/mol. The van der Waals surface area contributed by atoms with Gasteiger partial charge in [0.15, 0.2) is 0 Å². The molecule has 1 rings (SSSR count). The number of nitrogens with one attached hydrogen (secondary N) is 1. The fourth-order valence-corrected chi connectivity index (χ4v) is 1.18. The summed E-state index contributed by atoms with van der Waals surface area (Å²) in [5.41, 5.74) is 6.62. The lowest BCUT2D eigenvalue weighted by Crippen LogP contribution is -2.24. The Kier molecular flexibility index (Phi) is 4.05. The summed E-state index contributed by atoms with van der Waals surface area (Å²) in [4.78, 5) is 11.6. The number of nitrogen functional groups attached to an aromatic ring is 1. The van der Waals surface area contributed by atoms with Gasteiger partial charge in [-0.15, -0.1) is 0 Å². The van der Waals surface area contributed by atoms with Gasteiger partial charge in [-0.1, -0.05) is 17.7 Å². The normalized spacial score (nSPS) is 9.69. The number of allylic oxidation sites excluding steroid dienone is 1. The molecule has 1 amide bonds. The van der Waals surface area contributed by atoms with E-state index < -0.39 is 5.82 Å². The molecule has 0 unspecified atom stereocenters. The summed E-state index contributed by atoms with van der Waals surface area (Å²) in [5, 5.41) is 2.64. The lowest BCUT2D eigenvalue weighted by atomic mass is 10.1. The molecule has 0 atom stereocenters. The Morgan fingerprint density at radius 2 is 2.19 bits per heavy atom. The maximum absolute atomic E-state index is 13.1. The van der Waals surface area contributed by atoms with Gasteiger partial charge in [-0.05, 0) is 26.0 Å². The van der Waals surface area contributed by atoms with Gasteiger partial charge in [0.2, 0.25) is 0 Å². The number of rotatable bonds is 3. The second-order valence-corrected chi connectivity index (χ2v) is 3.69. The summed E-state index contributed by atoms with van der Waals surface area (Å²) in [6.07, 6.45) is 1.87. The third-order valence-electron chi connectivity index (χ3n) is 2.07. The van der Waals surface area contributed by atoms with Gasteiger partial charge < -0.3 is 11.1 Å². The zero-order valence-electron chi connectivity index (χ0n) is 9.38. The zero-order chi connectivity index (χ0) is 12.1. The third-order valence-corrected chi connectivity index (χ3v) is 2.07. The molecular formula is C12H15FN2O. The molecule has 0 aliphatic heterocycles. The van der Waals surface area contributed by atoms with Crippen molar-refractivity contribution in [1.82, 2.24) is 5.32 Å². The molecule has 86 valence electrons. The number of hydrogen-bond acceptors (Lipinski definition) is 2. The van der Waals surface area contributed by atoms with Crippen LogP contribution in [0.1, 0.15) is 24.2 Å². The van der Waals surface area contributed by atoms with Crippen molar-refractivity contribution in [2.75, 3.05) is 12.3 Å². The highest BCUT2D eigenvalue weighted by Crippen LogP contribution is 2.15. The van der Waals surface area contributed by atoms with Crippen LogP contribution in [-0.4, -0.2) is 12.5 Å². The number of nitrogens with two attached hydrogens (primary N) is 1. The van der Waals surface area contributed by atoms with E-state index in [1.807, 2.05) is 19.9 Å². The summed E-state index contributed by atoms with van der Waals surface area (Å²) in [7, 11) is 0. The van der Waals surface area contributed by atoms with Crippen LogP contribution in [0, 0.1) is 5.82 Å². The SMILES string of the molecule is CC(C)=CCNC(=O)c1cccc(F)c1N. The molecule has 16 heavy (non-hydrogen) atoms. The number of carbonyl (C=O) groups is 1. The minimum absolute atomic E-state index is 0.114. The van der Waals surface area contributed by atoms with Crippen molar-refractivity contribution < 1.29 is 9.18 Å². The second-order valence-electron chi connectivity index (χ2n) is 3.69. The molecule has 1 aromatic carbocycles. The molecule has 0 heterocycles. The number of anilines is 1. The Morgan fingerprint density at radius 1 is 1.50 bits per heavy atom. The predicted octanol–water partition coefficient (Wildman–Crippen LogP) is 2.10. The van der Waals surface area contributed by atoms with Crippen LogP contribution in [0.25, 0.3) is 0 Å². The molecule has 3 nitrogen and oxygen atoms in total. The van der Waals surface area contributed by atoms with Crippen LogP contribution in [0.15, 0.2) is 29.8 Å². The Labute approximate surface area is 94.1 Å². The van der Waals surface area contributed by atoms with Crippen LogP contribution in [-0.2, 0) is 0 Å². The minimum atomic E-state index is -0.574. The Morgan fingerprint density at radius 3 is 2.81 bits per heavy atom. The average molecular weight is 222 g/mol. The van der Waals surface area contributed by atoms with E-state index in [0.29, 0.717) is 6.54 Å². The molecule has 0 radical (unpaired) electrons. The van der Waals surface area contributed by atoms with E-state index in [9.17, 15) is 9.18 Å². The smallest absolute Gasteiger partial charge is 0.253 e. The molecule has 0 saturated heterocycles. The molecule has 0 aliphatic carbocycles. The molecule has 0 fully saturated rings. The van der Waals surface area contributed by atoms with E-state index in [0.717, 1.165) is 5.57 Å². The third kappa shape index (κ3) is 3.08. The fraction of sp³-hybridized carbons (Fsp3) is 0.250. The second kappa shape index (κ2) is 5.30. The van der Waals surface area contributed by atoms with Crippen molar-refractivity contribution in [1.29, 1.82) is 0 Å². The van der Waals surface area contributed by atoms with Crippen LogP contribution < -0.4 is 11.1 Å². The van der Waals surface area contributed by atoms with Crippen molar-refractivity contribution in [2.45, 2.75) is 13.8 Å². The van der Waals surface area contributed by atoms with E-state index in [2.05, 4.69) is 5.32 Å².